The molecule has 6 heteroatoms. The van der Waals surface area contributed by atoms with Gasteiger partial charge in [0.25, 0.3) is 0 Å². The van der Waals surface area contributed by atoms with E-state index in [2.05, 4.69) is 4.90 Å². The molecule has 2 heterocycles. The number of hydrogen-bond donors (Lipinski definition) is 1. The standard InChI is InChI=1S/C23H22Cl2N2O2/c1-23(28)13-27(14-23)12-15-10-11-20(26-22(15)29-2)18-8-5-7-17(21(18)25)16-6-3-4-9-19(16)24/h3-11,28H,12-14H2,1-2H3. The lowest BCUT2D eigenvalue weighted by atomic mass is 9.96. The monoisotopic (exact) mass is 428 g/mol. The number of likely N-dealkylation sites (tertiary alicyclic amines) is 1. The molecule has 4 nitrogen and oxygen atoms in total. The first-order chi connectivity index (χ1) is 13.9. The number of hydrogen-bond acceptors (Lipinski definition) is 4. The molecule has 2 aromatic carbocycles. The van der Waals surface area contributed by atoms with Crippen molar-refractivity contribution < 1.29 is 9.84 Å². The van der Waals surface area contributed by atoms with Gasteiger partial charge in [-0.05, 0) is 19.1 Å². The van der Waals surface area contributed by atoms with Gasteiger partial charge in [0, 0.05) is 46.9 Å². The fourth-order valence-electron chi connectivity index (χ4n) is 3.80. The highest BCUT2D eigenvalue weighted by molar-refractivity contribution is 6.38. The van der Waals surface area contributed by atoms with Gasteiger partial charge in [-0.1, -0.05) is 65.7 Å². The van der Waals surface area contributed by atoms with Crippen LogP contribution in [0.4, 0.5) is 0 Å². The zero-order valence-electron chi connectivity index (χ0n) is 16.3. The van der Waals surface area contributed by atoms with Crippen LogP contribution in [0.3, 0.4) is 0 Å². The molecule has 0 unspecified atom stereocenters. The van der Waals surface area contributed by atoms with Crippen molar-refractivity contribution in [3.05, 3.63) is 70.2 Å². The van der Waals surface area contributed by atoms with E-state index >= 15 is 0 Å². The Hall–Kier alpha value is -2.11. The van der Waals surface area contributed by atoms with Crippen LogP contribution in [0.5, 0.6) is 5.88 Å². The number of β-amino-alcohol motifs (C(OH)–C–C–N with tert-alkyl or cyclic N) is 1. The Bertz CT molecular complexity index is 1040. The minimum atomic E-state index is -0.604. The normalized spacial score (nSPS) is 15.8. The average Bonchev–Trinajstić information content (AvgIpc) is 2.68. The van der Waals surface area contributed by atoms with Gasteiger partial charge in [-0.3, -0.25) is 4.90 Å². The largest absolute Gasteiger partial charge is 0.481 e. The maximum absolute atomic E-state index is 9.94. The van der Waals surface area contributed by atoms with E-state index < -0.39 is 5.60 Å². The predicted molar refractivity (Wildman–Crippen MR) is 118 cm³/mol. The van der Waals surface area contributed by atoms with Gasteiger partial charge in [-0.2, -0.15) is 0 Å². The molecule has 29 heavy (non-hydrogen) atoms. The van der Waals surface area contributed by atoms with Gasteiger partial charge in [0.05, 0.1) is 23.4 Å². The molecule has 1 aliphatic rings. The molecule has 0 atom stereocenters. The van der Waals surface area contributed by atoms with Crippen molar-refractivity contribution in [3.8, 4) is 28.3 Å². The summed E-state index contributed by atoms with van der Waals surface area (Å²) in [6, 6.07) is 17.4. The Morgan fingerprint density at radius 1 is 1.00 bits per heavy atom. The molecule has 0 saturated carbocycles. The molecule has 3 aromatic rings. The summed E-state index contributed by atoms with van der Waals surface area (Å²) in [5, 5.41) is 11.2. The molecule has 0 bridgehead atoms. The maximum Gasteiger partial charge on any atom is 0.218 e. The number of benzene rings is 2. The molecule has 1 fully saturated rings. The summed E-state index contributed by atoms with van der Waals surface area (Å²) in [7, 11) is 1.61. The highest BCUT2D eigenvalue weighted by Gasteiger charge is 2.36. The van der Waals surface area contributed by atoms with Crippen molar-refractivity contribution in [1.29, 1.82) is 0 Å². The molecular formula is C23H22Cl2N2O2. The minimum absolute atomic E-state index is 0.563. The molecule has 1 N–H and O–H groups in total. The number of halogens is 2. The third-order valence-electron chi connectivity index (χ3n) is 5.09. The van der Waals surface area contributed by atoms with E-state index in [4.69, 9.17) is 32.9 Å². The minimum Gasteiger partial charge on any atom is -0.481 e. The lowest BCUT2D eigenvalue weighted by molar-refractivity contribution is -0.0873. The van der Waals surface area contributed by atoms with Gasteiger partial charge in [-0.15, -0.1) is 0 Å². The molecule has 1 saturated heterocycles. The number of rotatable bonds is 5. The number of methoxy groups -OCH3 is 1. The number of ether oxygens (including phenoxy) is 1. The summed E-state index contributed by atoms with van der Waals surface area (Å²) in [4.78, 5) is 6.86. The van der Waals surface area contributed by atoms with Crippen molar-refractivity contribution in [3.63, 3.8) is 0 Å². The fourth-order valence-corrected chi connectivity index (χ4v) is 4.37. The van der Waals surface area contributed by atoms with E-state index in [1.54, 1.807) is 7.11 Å². The van der Waals surface area contributed by atoms with Crippen molar-refractivity contribution >= 4 is 23.2 Å². The second-order valence-electron chi connectivity index (χ2n) is 7.65. The molecule has 0 spiro atoms. The lowest BCUT2D eigenvalue weighted by Crippen LogP contribution is -2.59. The zero-order valence-corrected chi connectivity index (χ0v) is 17.8. The van der Waals surface area contributed by atoms with E-state index in [1.165, 1.54) is 0 Å². The SMILES string of the molecule is COc1nc(-c2cccc(-c3ccccc3Cl)c2Cl)ccc1CN1CC(C)(O)C1. The van der Waals surface area contributed by atoms with E-state index in [-0.39, 0.29) is 0 Å². The van der Waals surface area contributed by atoms with Crippen LogP contribution >= 0.6 is 23.2 Å². The molecule has 150 valence electrons. The van der Waals surface area contributed by atoms with E-state index in [1.807, 2.05) is 61.5 Å². The fraction of sp³-hybridized carbons (Fsp3) is 0.261. The smallest absolute Gasteiger partial charge is 0.218 e. The average molecular weight is 429 g/mol. The van der Waals surface area contributed by atoms with Gasteiger partial charge in [-0.25, -0.2) is 4.98 Å². The maximum atomic E-state index is 9.94. The third kappa shape index (κ3) is 4.12. The van der Waals surface area contributed by atoms with Gasteiger partial charge in [0.1, 0.15) is 0 Å². The summed E-state index contributed by atoms with van der Waals surface area (Å²) in [5.74, 6) is 0.563. The van der Waals surface area contributed by atoms with Crippen molar-refractivity contribution in [2.45, 2.75) is 19.1 Å². The third-order valence-corrected chi connectivity index (χ3v) is 5.83. The first-order valence-electron chi connectivity index (χ1n) is 9.40. The first kappa shape index (κ1) is 20.2. The van der Waals surface area contributed by atoms with E-state index in [0.29, 0.717) is 35.6 Å². The summed E-state index contributed by atoms with van der Waals surface area (Å²) < 4.78 is 5.54. The topological polar surface area (TPSA) is 45.6 Å². The Balaban J connectivity index is 1.67. The summed E-state index contributed by atoms with van der Waals surface area (Å²) in [6.45, 7) is 3.81. The highest BCUT2D eigenvalue weighted by Crippen LogP contribution is 2.39. The Labute approximate surface area is 180 Å². The molecule has 1 aliphatic heterocycles. The summed E-state index contributed by atoms with van der Waals surface area (Å²) in [6.07, 6.45) is 0. The van der Waals surface area contributed by atoms with E-state index in [0.717, 1.165) is 27.9 Å². The Morgan fingerprint density at radius 3 is 2.38 bits per heavy atom. The quantitative estimate of drug-likeness (QED) is 0.598. The molecule has 1 aromatic heterocycles. The second-order valence-corrected chi connectivity index (χ2v) is 8.44. The van der Waals surface area contributed by atoms with Gasteiger partial charge >= 0.3 is 0 Å². The van der Waals surface area contributed by atoms with Crippen molar-refractivity contribution in [2.24, 2.45) is 0 Å². The Kier molecular flexibility index (Phi) is 5.54. The zero-order chi connectivity index (χ0) is 20.6. The second kappa shape index (κ2) is 7.96. The van der Waals surface area contributed by atoms with Crippen molar-refractivity contribution in [2.75, 3.05) is 20.2 Å². The number of pyridine rings is 1. The van der Waals surface area contributed by atoms with Crippen LogP contribution in [0.25, 0.3) is 22.4 Å². The molecular weight excluding hydrogens is 407 g/mol. The molecule has 0 radical (unpaired) electrons. The van der Waals surface area contributed by atoms with Crippen LogP contribution in [0, 0.1) is 0 Å². The van der Waals surface area contributed by atoms with Crippen LogP contribution in [0.2, 0.25) is 10.0 Å². The van der Waals surface area contributed by atoms with E-state index in [9.17, 15) is 5.11 Å². The van der Waals surface area contributed by atoms with Gasteiger partial charge in [0.15, 0.2) is 0 Å². The summed E-state index contributed by atoms with van der Waals surface area (Å²) >= 11 is 13.1. The molecule has 4 rings (SSSR count). The number of aliphatic hydroxyl groups is 1. The van der Waals surface area contributed by atoms with Crippen LogP contribution in [0.1, 0.15) is 12.5 Å². The Morgan fingerprint density at radius 2 is 1.69 bits per heavy atom. The van der Waals surface area contributed by atoms with Crippen molar-refractivity contribution in [1.82, 2.24) is 9.88 Å². The van der Waals surface area contributed by atoms with Crippen LogP contribution < -0.4 is 4.74 Å². The van der Waals surface area contributed by atoms with Crippen LogP contribution in [-0.4, -0.2) is 40.8 Å². The molecule has 0 amide bonds. The molecule has 0 aliphatic carbocycles. The predicted octanol–water partition coefficient (Wildman–Crippen LogP) is 5.30. The summed E-state index contributed by atoms with van der Waals surface area (Å²) in [5.41, 5.74) is 3.68. The first-order valence-corrected chi connectivity index (χ1v) is 10.2. The number of nitrogens with zero attached hydrogens (tertiary/aromatic N) is 2. The van der Waals surface area contributed by atoms with Crippen LogP contribution in [-0.2, 0) is 6.54 Å². The van der Waals surface area contributed by atoms with Crippen LogP contribution in [0.15, 0.2) is 54.6 Å². The van der Waals surface area contributed by atoms with Gasteiger partial charge in [0.2, 0.25) is 5.88 Å². The lowest BCUT2D eigenvalue weighted by Gasteiger charge is -2.44. The van der Waals surface area contributed by atoms with Gasteiger partial charge < -0.3 is 9.84 Å². The number of aromatic nitrogens is 1. The highest BCUT2D eigenvalue weighted by atomic mass is 35.5.